The van der Waals surface area contributed by atoms with Gasteiger partial charge in [-0.25, -0.2) is 0 Å². The van der Waals surface area contributed by atoms with Crippen molar-refractivity contribution < 1.29 is 0 Å². The summed E-state index contributed by atoms with van der Waals surface area (Å²) >= 11 is 5.20. The number of hydrogen-bond acceptors (Lipinski definition) is 2. The molecule has 3 heteroatoms. The molecule has 0 aliphatic heterocycles. The van der Waals surface area contributed by atoms with Crippen LogP contribution in [0.15, 0.2) is 57.9 Å². The van der Waals surface area contributed by atoms with Crippen molar-refractivity contribution in [3.05, 3.63) is 58.6 Å². The van der Waals surface area contributed by atoms with Crippen molar-refractivity contribution in [1.82, 2.24) is 0 Å². The molecule has 0 radical (unpaired) electrons. The first kappa shape index (κ1) is 12.5. The number of halogens is 1. The molecule has 88 valence electrons. The Kier molecular flexibility index (Phi) is 4.51. The monoisotopic (exact) mass is 307 g/mol. The van der Waals surface area contributed by atoms with Crippen LogP contribution in [0.5, 0.6) is 0 Å². The van der Waals surface area contributed by atoms with E-state index in [4.69, 9.17) is 0 Å². The molecular formula is C14H14BrNS. The number of benzene rings is 2. The average Bonchev–Trinajstić information content (AvgIpc) is 2.38. The first-order valence-corrected chi connectivity index (χ1v) is 7.42. The molecule has 1 N–H and O–H groups in total. The SMILES string of the molecule is CSc1ccccc1NCc1ccc(Br)cc1. The second-order valence-corrected chi connectivity index (χ2v) is 5.44. The Morgan fingerprint density at radius 3 is 2.47 bits per heavy atom. The van der Waals surface area contributed by atoms with Crippen LogP contribution in [0.1, 0.15) is 5.56 Å². The van der Waals surface area contributed by atoms with Gasteiger partial charge < -0.3 is 5.32 Å². The van der Waals surface area contributed by atoms with Crippen LogP contribution in [0.25, 0.3) is 0 Å². The second kappa shape index (κ2) is 6.12. The van der Waals surface area contributed by atoms with Gasteiger partial charge >= 0.3 is 0 Å². The fourth-order valence-corrected chi connectivity index (χ4v) is 2.43. The predicted octanol–water partition coefficient (Wildman–Crippen LogP) is 4.78. The lowest BCUT2D eigenvalue weighted by Gasteiger charge is -2.10. The lowest BCUT2D eigenvalue weighted by Crippen LogP contribution is -2.00. The first-order valence-electron chi connectivity index (χ1n) is 5.41. The summed E-state index contributed by atoms with van der Waals surface area (Å²) in [7, 11) is 0. The van der Waals surface area contributed by atoms with E-state index >= 15 is 0 Å². The third-order valence-electron chi connectivity index (χ3n) is 2.50. The zero-order valence-electron chi connectivity index (χ0n) is 9.61. The molecule has 0 amide bonds. The van der Waals surface area contributed by atoms with E-state index in [-0.39, 0.29) is 0 Å². The topological polar surface area (TPSA) is 12.0 Å². The Morgan fingerprint density at radius 2 is 1.76 bits per heavy atom. The Hall–Kier alpha value is -0.930. The van der Waals surface area contributed by atoms with E-state index in [1.165, 1.54) is 16.1 Å². The summed E-state index contributed by atoms with van der Waals surface area (Å²) < 4.78 is 1.12. The normalized spacial score (nSPS) is 10.2. The molecule has 0 atom stereocenters. The minimum absolute atomic E-state index is 0.852. The molecule has 0 bridgehead atoms. The third kappa shape index (κ3) is 3.51. The number of para-hydroxylation sites is 1. The van der Waals surface area contributed by atoms with Gasteiger partial charge in [-0.15, -0.1) is 11.8 Å². The highest BCUT2D eigenvalue weighted by Gasteiger charge is 1.99. The fourth-order valence-electron chi connectivity index (χ4n) is 1.59. The van der Waals surface area contributed by atoms with Gasteiger partial charge in [0.25, 0.3) is 0 Å². The Labute approximate surface area is 115 Å². The Morgan fingerprint density at radius 1 is 1.06 bits per heavy atom. The zero-order chi connectivity index (χ0) is 12.1. The summed E-state index contributed by atoms with van der Waals surface area (Å²) in [4.78, 5) is 1.28. The fraction of sp³-hybridized carbons (Fsp3) is 0.143. The molecule has 0 aromatic heterocycles. The number of anilines is 1. The smallest absolute Gasteiger partial charge is 0.0480 e. The van der Waals surface area contributed by atoms with Crippen LogP contribution in [0.3, 0.4) is 0 Å². The van der Waals surface area contributed by atoms with Crippen molar-refractivity contribution >= 4 is 33.4 Å². The Bertz CT molecular complexity index is 482. The third-order valence-corrected chi connectivity index (χ3v) is 3.83. The van der Waals surface area contributed by atoms with E-state index in [0.717, 1.165) is 11.0 Å². The molecule has 2 rings (SSSR count). The predicted molar refractivity (Wildman–Crippen MR) is 79.7 cm³/mol. The summed E-state index contributed by atoms with van der Waals surface area (Å²) in [5.74, 6) is 0. The van der Waals surface area contributed by atoms with Crippen molar-refractivity contribution in [2.24, 2.45) is 0 Å². The molecular weight excluding hydrogens is 294 g/mol. The number of thioether (sulfide) groups is 1. The van der Waals surface area contributed by atoms with Crippen molar-refractivity contribution in [2.45, 2.75) is 11.4 Å². The number of hydrogen-bond donors (Lipinski definition) is 1. The largest absolute Gasteiger partial charge is 0.380 e. The van der Waals surface area contributed by atoms with Crippen LogP contribution in [0.4, 0.5) is 5.69 Å². The van der Waals surface area contributed by atoms with Crippen LogP contribution in [-0.4, -0.2) is 6.26 Å². The molecule has 2 aromatic carbocycles. The number of rotatable bonds is 4. The molecule has 1 nitrogen and oxygen atoms in total. The molecule has 0 aliphatic rings. The highest BCUT2D eigenvalue weighted by Crippen LogP contribution is 2.25. The summed E-state index contributed by atoms with van der Waals surface area (Å²) in [6.07, 6.45) is 2.10. The standard InChI is InChI=1S/C14H14BrNS/c1-17-14-5-3-2-4-13(14)16-10-11-6-8-12(15)9-7-11/h2-9,16H,10H2,1H3. The minimum Gasteiger partial charge on any atom is -0.380 e. The van der Waals surface area contributed by atoms with Gasteiger partial charge in [0, 0.05) is 21.6 Å². The molecule has 0 spiro atoms. The quantitative estimate of drug-likeness (QED) is 0.816. The molecule has 0 fully saturated rings. The molecule has 0 heterocycles. The summed E-state index contributed by atoms with van der Waals surface area (Å²) in [6.45, 7) is 0.852. The van der Waals surface area contributed by atoms with Crippen molar-refractivity contribution in [3.63, 3.8) is 0 Å². The molecule has 2 aromatic rings. The lowest BCUT2D eigenvalue weighted by atomic mass is 10.2. The number of nitrogens with one attached hydrogen (secondary N) is 1. The maximum absolute atomic E-state index is 3.46. The maximum Gasteiger partial charge on any atom is 0.0480 e. The van der Waals surface area contributed by atoms with E-state index in [1.54, 1.807) is 11.8 Å². The van der Waals surface area contributed by atoms with Gasteiger partial charge in [0.1, 0.15) is 0 Å². The van der Waals surface area contributed by atoms with Crippen LogP contribution in [-0.2, 0) is 6.54 Å². The van der Waals surface area contributed by atoms with E-state index in [1.807, 2.05) is 0 Å². The van der Waals surface area contributed by atoms with E-state index in [2.05, 4.69) is 76.0 Å². The van der Waals surface area contributed by atoms with Crippen molar-refractivity contribution in [1.29, 1.82) is 0 Å². The van der Waals surface area contributed by atoms with Crippen LogP contribution >= 0.6 is 27.7 Å². The van der Waals surface area contributed by atoms with Crippen molar-refractivity contribution in [2.75, 3.05) is 11.6 Å². The highest BCUT2D eigenvalue weighted by molar-refractivity contribution is 9.10. The average molecular weight is 308 g/mol. The van der Waals surface area contributed by atoms with Gasteiger partial charge in [-0.2, -0.15) is 0 Å². The Balaban J connectivity index is 2.04. The van der Waals surface area contributed by atoms with Gasteiger partial charge in [0.2, 0.25) is 0 Å². The van der Waals surface area contributed by atoms with E-state index in [0.29, 0.717) is 0 Å². The molecule has 0 saturated carbocycles. The van der Waals surface area contributed by atoms with Gasteiger partial charge in [-0.05, 0) is 36.1 Å². The second-order valence-electron chi connectivity index (χ2n) is 3.68. The highest BCUT2D eigenvalue weighted by atomic mass is 79.9. The first-order chi connectivity index (χ1) is 8.29. The van der Waals surface area contributed by atoms with Gasteiger partial charge in [0.15, 0.2) is 0 Å². The molecule has 0 aliphatic carbocycles. The zero-order valence-corrected chi connectivity index (χ0v) is 12.0. The van der Waals surface area contributed by atoms with Gasteiger partial charge in [-0.3, -0.25) is 0 Å². The van der Waals surface area contributed by atoms with Crippen LogP contribution < -0.4 is 5.32 Å². The van der Waals surface area contributed by atoms with E-state index in [9.17, 15) is 0 Å². The summed E-state index contributed by atoms with van der Waals surface area (Å²) in [5.41, 5.74) is 2.48. The molecule has 0 unspecified atom stereocenters. The van der Waals surface area contributed by atoms with E-state index < -0.39 is 0 Å². The summed E-state index contributed by atoms with van der Waals surface area (Å²) in [5, 5.41) is 3.46. The van der Waals surface area contributed by atoms with Crippen LogP contribution in [0, 0.1) is 0 Å². The molecule has 0 saturated heterocycles. The lowest BCUT2D eigenvalue weighted by molar-refractivity contribution is 1.13. The summed E-state index contributed by atoms with van der Waals surface area (Å²) in [6, 6.07) is 16.8. The maximum atomic E-state index is 3.46. The van der Waals surface area contributed by atoms with Crippen LogP contribution in [0.2, 0.25) is 0 Å². The van der Waals surface area contributed by atoms with Crippen molar-refractivity contribution in [3.8, 4) is 0 Å². The van der Waals surface area contributed by atoms with Gasteiger partial charge in [0.05, 0.1) is 0 Å². The van der Waals surface area contributed by atoms with Gasteiger partial charge in [-0.1, -0.05) is 40.2 Å². The minimum atomic E-state index is 0.852. The molecule has 17 heavy (non-hydrogen) atoms.